The molecule has 0 radical (unpaired) electrons. The van der Waals surface area contributed by atoms with Gasteiger partial charge >= 0.3 is 0 Å². The minimum Gasteiger partial charge on any atom is -0.362 e. The quantitative estimate of drug-likeness (QED) is 0.651. The lowest BCUT2D eigenvalue weighted by atomic mass is 10.0. The van der Waals surface area contributed by atoms with Gasteiger partial charge in [-0.15, -0.1) is 0 Å². The summed E-state index contributed by atoms with van der Waals surface area (Å²) < 4.78 is 5.48. The standard InChI is InChI=1S/C10H10Cl2O/c1-10(2)9(13-10)7-4-3-6(11)5-8(7)12/h3-5,9H,1-2H3. The maximum atomic E-state index is 6.03. The van der Waals surface area contributed by atoms with Gasteiger partial charge in [0.15, 0.2) is 0 Å². The largest absolute Gasteiger partial charge is 0.362 e. The lowest BCUT2D eigenvalue weighted by molar-refractivity contribution is 0.325. The van der Waals surface area contributed by atoms with Crippen molar-refractivity contribution in [2.24, 2.45) is 0 Å². The molecule has 13 heavy (non-hydrogen) atoms. The Kier molecular flexibility index (Phi) is 2.06. The van der Waals surface area contributed by atoms with Gasteiger partial charge in [0.1, 0.15) is 6.10 Å². The van der Waals surface area contributed by atoms with Crippen molar-refractivity contribution < 1.29 is 4.74 Å². The Hall–Kier alpha value is -0.240. The van der Waals surface area contributed by atoms with Crippen molar-refractivity contribution >= 4 is 23.2 Å². The Morgan fingerprint density at radius 1 is 1.31 bits per heavy atom. The van der Waals surface area contributed by atoms with Crippen LogP contribution >= 0.6 is 23.2 Å². The molecular formula is C10H10Cl2O. The van der Waals surface area contributed by atoms with Crippen LogP contribution in [0.2, 0.25) is 10.0 Å². The molecule has 1 nitrogen and oxygen atoms in total. The molecule has 0 N–H and O–H groups in total. The first-order valence-electron chi connectivity index (χ1n) is 4.13. The lowest BCUT2D eigenvalue weighted by Crippen LogP contribution is -1.97. The van der Waals surface area contributed by atoms with E-state index in [1.165, 1.54) is 0 Å². The lowest BCUT2D eigenvalue weighted by Gasteiger charge is -2.01. The van der Waals surface area contributed by atoms with Crippen LogP contribution in [-0.4, -0.2) is 5.60 Å². The van der Waals surface area contributed by atoms with Gasteiger partial charge in [-0.2, -0.15) is 0 Å². The average molecular weight is 217 g/mol. The minimum absolute atomic E-state index is 0.0720. The highest BCUT2D eigenvalue weighted by Gasteiger charge is 2.49. The van der Waals surface area contributed by atoms with Gasteiger partial charge < -0.3 is 4.74 Å². The molecule has 0 bridgehead atoms. The molecule has 1 aliphatic rings. The highest BCUT2D eigenvalue weighted by molar-refractivity contribution is 6.35. The van der Waals surface area contributed by atoms with Crippen LogP contribution < -0.4 is 0 Å². The van der Waals surface area contributed by atoms with Gasteiger partial charge in [-0.05, 0) is 26.0 Å². The third kappa shape index (κ3) is 1.69. The predicted octanol–water partition coefficient (Wildman–Crippen LogP) is 3.84. The number of ether oxygens (including phenoxy) is 1. The van der Waals surface area contributed by atoms with E-state index in [2.05, 4.69) is 0 Å². The molecule has 1 saturated heterocycles. The minimum atomic E-state index is -0.0720. The molecule has 3 heteroatoms. The second-order valence-corrected chi connectivity index (χ2v) is 4.61. The third-order valence-corrected chi connectivity index (χ3v) is 2.80. The van der Waals surface area contributed by atoms with Gasteiger partial charge in [0.25, 0.3) is 0 Å². The van der Waals surface area contributed by atoms with Crippen LogP contribution in [-0.2, 0) is 4.74 Å². The molecule has 70 valence electrons. The molecule has 1 atom stereocenters. The van der Waals surface area contributed by atoms with Crippen molar-refractivity contribution in [1.29, 1.82) is 0 Å². The van der Waals surface area contributed by atoms with E-state index >= 15 is 0 Å². The number of rotatable bonds is 1. The molecule has 1 heterocycles. The molecule has 1 aliphatic heterocycles. The molecule has 2 rings (SSSR count). The second kappa shape index (κ2) is 2.88. The summed E-state index contributed by atoms with van der Waals surface area (Å²) in [6.45, 7) is 4.09. The summed E-state index contributed by atoms with van der Waals surface area (Å²) in [7, 11) is 0. The van der Waals surface area contributed by atoms with Crippen LogP contribution in [0, 0.1) is 0 Å². The molecule has 0 amide bonds. The molecule has 0 aliphatic carbocycles. The molecule has 1 aromatic carbocycles. The predicted molar refractivity (Wildman–Crippen MR) is 54.4 cm³/mol. The third-order valence-electron chi connectivity index (χ3n) is 2.24. The van der Waals surface area contributed by atoms with E-state index in [9.17, 15) is 0 Å². The first-order valence-corrected chi connectivity index (χ1v) is 4.89. The SMILES string of the molecule is CC1(C)OC1c1ccc(Cl)cc1Cl. The highest BCUT2D eigenvalue weighted by atomic mass is 35.5. The highest BCUT2D eigenvalue weighted by Crippen LogP contribution is 2.50. The van der Waals surface area contributed by atoms with Crippen LogP contribution in [0.3, 0.4) is 0 Å². The van der Waals surface area contributed by atoms with Gasteiger partial charge in [0.05, 0.1) is 5.60 Å². The maximum absolute atomic E-state index is 6.03. The Balaban J connectivity index is 2.33. The van der Waals surface area contributed by atoms with Crippen molar-refractivity contribution in [3.63, 3.8) is 0 Å². The van der Waals surface area contributed by atoms with Crippen molar-refractivity contribution in [3.05, 3.63) is 33.8 Å². The molecule has 1 fully saturated rings. The summed E-state index contributed by atoms with van der Waals surface area (Å²) in [5.41, 5.74) is 0.952. The molecule has 0 spiro atoms. The van der Waals surface area contributed by atoms with E-state index in [4.69, 9.17) is 27.9 Å². The van der Waals surface area contributed by atoms with Crippen LogP contribution in [0.5, 0.6) is 0 Å². The number of benzene rings is 1. The Bertz CT molecular complexity index is 347. The smallest absolute Gasteiger partial charge is 0.113 e. The average Bonchev–Trinajstić information content (AvgIpc) is 2.59. The summed E-state index contributed by atoms with van der Waals surface area (Å²) in [5, 5.41) is 1.34. The van der Waals surface area contributed by atoms with Gasteiger partial charge in [-0.3, -0.25) is 0 Å². The van der Waals surface area contributed by atoms with Crippen LogP contribution in [0.25, 0.3) is 0 Å². The van der Waals surface area contributed by atoms with Crippen molar-refractivity contribution in [2.45, 2.75) is 25.6 Å². The molecule has 1 aromatic rings. The monoisotopic (exact) mass is 216 g/mol. The topological polar surface area (TPSA) is 12.5 Å². The summed E-state index contributed by atoms with van der Waals surface area (Å²) >= 11 is 11.8. The van der Waals surface area contributed by atoms with Gasteiger partial charge in [0.2, 0.25) is 0 Å². The zero-order valence-corrected chi connectivity index (χ0v) is 8.99. The van der Waals surface area contributed by atoms with E-state index < -0.39 is 0 Å². The molecule has 1 unspecified atom stereocenters. The Morgan fingerprint density at radius 3 is 2.38 bits per heavy atom. The van der Waals surface area contributed by atoms with Gasteiger partial charge in [-0.25, -0.2) is 0 Å². The molecule has 0 aromatic heterocycles. The summed E-state index contributed by atoms with van der Waals surface area (Å²) in [5.74, 6) is 0. The van der Waals surface area contributed by atoms with Crippen molar-refractivity contribution in [1.82, 2.24) is 0 Å². The number of hydrogen-bond donors (Lipinski definition) is 0. The fourth-order valence-corrected chi connectivity index (χ4v) is 1.93. The normalized spacial score (nSPS) is 24.5. The number of hydrogen-bond acceptors (Lipinski definition) is 1. The Morgan fingerprint density at radius 2 is 1.92 bits per heavy atom. The van der Waals surface area contributed by atoms with Crippen molar-refractivity contribution in [3.8, 4) is 0 Å². The fraction of sp³-hybridized carbons (Fsp3) is 0.400. The zero-order chi connectivity index (χ0) is 9.64. The van der Waals surface area contributed by atoms with E-state index in [1.54, 1.807) is 6.07 Å². The van der Waals surface area contributed by atoms with E-state index in [1.807, 2.05) is 26.0 Å². The van der Waals surface area contributed by atoms with Crippen molar-refractivity contribution in [2.75, 3.05) is 0 Å². The fourth-order valence-electron chi connectivity index (χ4n) is 1.42. The van der Waals surface area contributed by atoms with Gasteiger partial charge in [0, 0.05) is 15.6 Å². The Labute approximate surface area is 87.6 Å². The van der Waals surface area contributed by atoms with Crippen LogP contribution in [0.1, 0.15) is 25.5 Å². The summed E-state index contributed by atoms with van der Waals surface area (Å²) in [4.78, 5) is 0. The zero-order valence-electron chi connectivity index (χ0n) is 7.47. The number of halogens is 2. The molecular weight excluding hydrogens is 207 g/mol. The van der Waals surface area contributed by atoms with Crippen LogP contribution in [0.15, 0.2) is 18.2 Å². The molecule has 0 saturated carbocycles. The second-order valence-electron chi connectivity index (χ2n) is 3.77. The van der Waals surface area contributed by atoms with E-state index in [0.717, 1.165) is 5.56 Å². The van der Waals surface area contributed by atoms with Gasteiger partial charge in [-0.1, -0.05) is 29.3 Å². The first-order chi connectivity index (χ1) is 6.00. The van der Waals surface area contributed by atoms with E-state index in [-0.39, 0.29) is 11.7 Å². The summed E-state index contributed by atoms with van der Waals surface area (Å²) in [6.07, 6.45) is 0.122. The first kappa shape index (κ1) is 9.32. The van der Waals surface area contributed by atoms with E-state index in [0.29, 0.717) is 10.0 Å². The van der Waals surface area contributed by atoms with Crippen LogP contribution in [0.4, 0.5) is 0 Å². The summed E-state index contributed by atoms with van der Waals surface area (Å²) in [6, 6.07) is 5.50. The maximum Gasteiger partial charge on any atom is 0.113 e. The number of epoxide rings is 1.